The zero-order valence-electron chi connectivity index (χ0n) is 2.78. The second-order valence-corrected chi connectivity index (χ2v) is 0. The molecule has 0 spiro atoms. The number of hydrogen-bond donors (Lipinski definition) is 0. The molecule has 0 fully saturated rings. The molecule has 1 unspecified atom stereocenters. The van der Waals surface area contributed by atoms with Gasteiger partial charge in [-0.3, -0.25) is 0 Å². The molecule has 0 rings (SSSR count). The minimum absolute atomic E-state index is 0. The fraction of sp³-hybridized carbons (Fsp3) is 0. The van der Waals surface area contributed by atoms with Crippen molar-refractivity contribution in [3.05, 3.63) is 0 Å². The standard InChI is InChI=1S/Al.3H2O.H3P/h;3*1H2;1H3. The highest BCUT2D eigenvalue weighted by molar-refractivity contribution is 6.92. The average Bonchev–Trinajstić information content (AvgIpc) is 0. The molecule has 1 atom stereocenters. The maximum absolute atomic E-state index is 0. The molecule has 0 amide bonds. The lowest BCUT2D eigenvalue weighted by Crippen LogP contribution is -0.381. The molecule has 0 aliphatic rings. The van der Waals surface area contributed by atoms with Crippen LogP contribution in [0.15, 0.2) is 0 Å². The Morgan fingerprint density at radius 2 is 0.600 bits per heavy atom. The van der Waals surface area contributed by atoms with E-state index in [0.717, 1.165) is 0 Å². The molecular formula is H9AlO3P. The molecule has 3 radical (unpaired) electrons. The maximum atomic E-state index is 0. The van der Waals surface area contributed by atoms with Gasteiger partial charge in [-0.15, -0.1) is 0 Å². The van der Waals surface area contributed by atoms with Crippen molar-refractivity contribution in [2.75, 3.05) is 0 Å². The van der Waals surface area contributed by atoms with Crippen LogP contribution in [0.3, 0.4) is 0 Å². The smallest absolute Gasteiger partial charge is 0 e. The van der Waals surface area contributed by atoms with Crippen LogP contribution in [0.1, 0.15) is 0 Å². The first-order valence-corrected chi connectivity index (χ1v) is 0. The number of rotatable bonds is 0. The molecule has 6 N–H and O–H groups in total. The molecule has 0 aromatic rings. The van der Waals surface area contributed by atoms with Crippen LogP contribution < -0.4 is 0 Å². The van der Waals surface area contributed by atoms with Gasteiger partial charge in [-0.2, -0.15) is 9.90 Å². The second-order valence-electron chi connectivity index (χ2n) is 0. The summed E-state index contributed by atoms with van der Waals surface area (Å²) in [5.74, 6) is 0. The van der Waals surface area contributed by atoms with E-state index in [1.807, 2.05) is 0 Å². The van der Waals surface area contributed by atoms with Crippen molar-refractivity contribution in [2.45, 2.75) is 0 Å². The summed E-state index contributed by atoms with van der Waals surface area (Å²) in [5, 5.41) is 0. The molecule has 0 saturated carbocycles. The van der Waals surface area contributed by atoms with Gasteiger partial charge in [-0.05, 0) is 0 Å². The van der Waals surface area contributed by atoms with Crippen molar-refractivity contribution in [1.29, 1.82) is 0 Å². The van der Waals surface area contributed by atoms with Crippen molar-refractivity contribution >= 4 is 27.3 Å². The highest BCUT2D eigenvalue weighted by atomic mass is 31.0. The predicted octanol–water partition coefficient (Wildman–Crippen LogP) is -2.80. The fourth-order valence-corrected chi connectivity index (χ4v) is 0. The van der Waals surface area contributed by atoms with Crippen LogP contribution in [-0.4, -0.2) is 33.8 Å². The van der Waals surface area contributed by atoms with Gasteiger partial charge in [-0.25, -0.2) is 0 Å². The minimum Gasteiger partial charge on any atom is -0.412 e. The summed E-state index contributed by atoms with van der Waals surface area (Å²) < 4.78 is 0. The summed E-state index contributed by atoms with van der Waals surface area (Å²) in [4.78, 5) is 0. The van der Waals surface area contributed by atoms with Crippen LogP contribution in [0, 0.1) is 0 Å². The van der Waals surface area contributed by atoms with Crippen molar-refractivity contribution in [3.63, 3.8) is 0 Å². The molecule has 0 saturated heterocycles. The highest BCUT2D eigenvalue weighted by Gasteiger charge is 0.0000139. The minimum atomic E-state index is 0. The first-order chi connectivity index (χ1) is 0. The van der Waals surface area contributed by atoms with Gasteiger partial charge in [0.15, 0.2) is 0 Å². The van der Waals surface area contributed by atoms with E-state index in [0.29, 0.717) is 0 Å². The van der Waals surface area contributed by atoms with Crippen LogP contribution in [0.4, 0.5) is 0 Å². The Bertz CT molecular complexity index is 6.85. The summed E-state index contributed by atoms with van der Waals surface area (Å²) in [6, 6.07) is 0. The van der Waals surface area contributed by atoms with Gasteiger partial charge in [0, 0.05) is 17.4 Å². The number of hydrogen-bond acceptors (Lipinski definition) is 0. The molecule has 0 aliphatic heterocycles. The Labute approximate surface area is 44.4 Å². The molecule has 0 aromatic heterocycles. The van der Waals surface area contributed by atoms with Gasteiger partial charge < -0.3 is 16.4 Å². The quantitative estimate of drug-likeness (QED) is 0.241. The third kappa shape index (κ3) is 55.1. The van der Waals surface area contributed by atoms with E-state index in [1.165, 1.54) is 0 Å². The monoisotopic (exact) mass is 115 g/mol. The molecule has 3 nitrogen and oxygen atoms in total. The Kier molecular flexibility index (Phi) is 3890. The Morgan fingerprint density at radius 1 is 0.600 bits per heavy atom. The van der Waals surface area contributed by atoms with Crippen LogP contribution in [0.5, 0.6) is 0 Å². The van der Waals surface area contributed by atoms with Crippen LogP contribution in [0.25, 0.3) is 0 Å². The molecule has 0 bridgehead atoms. The molecule has 5 heteroatoms. The summed E-state index contributed by atoms with van der Waals surface area (Å²) in [6.07, 6.45) is 0. The zero-order chi connectivity index (χ0) is 0. The zero-order valence-corrected chi connectivity index (χ0v) is 5.35. The summed E-state index contributed by atoms with van der Waals surface area (Å²) in [6.45, 7) is 0. The first kappa shape index (κ1) is 193. The van der Waals surface area contributed by atoms with Crippen molar-refractivity contribution in [2.24, 2.45) is 0 Å². The SMILES string of the molecule is O.O.O.P.[Al]. The van der Waals surface area contributed by atoms with Gasteiger partial charge in [-0.1, -0.05) is 0 Å². The van der Waals surface area contributed by atoms with E-state index in [9.17, 15) is 0 Å². The van der Waals surface area contributed by atoms with Crippen LogP contribution in [-0.2, 0) is 0 Å². The van der Waals surface area contributed by atoms with Gasteiger partial charge in [0.1, 0.15) is 0 Å². The Balaban J connectivity index is 0. The van der Waals surface area contributed by atoms with Gasteiger partial charge in [0.25, 0.3) is 0 Å². The van der Waals surface area contributed by atoms with Crippen molar-refractivity contribution in [3.8, 4) is 0 Å². The fourth-order valence-electron chi connectivity index (χ4n) is 0. The third-order valence-corrected chi connectivity index (χ3v) is 0. The van der Waals surface area contributed by atoms with E-state index in [1.54, 1.807) is 0 Å². The van der Waals surface area contributed by atoms with Gasteiger partial charge in [0.2, 0.25) is 0 Å². The Morgan fingerprint density at radius 3 is 0.600 bits per heavy atom. The molecular weight excluding hydrogens is 106 g/mol. The lowest BCUT2D eigenvalue weighted by Gasteiger charge is -0.413. The van der Waals surface area contributed by atoms with E-state index in [2.05, 4.69) is 0 Å². The molecule has 0 aromatic carbocycles. The lowest BCUT2D eigenvalue weighted by molar-refractivity contribution is 0.823. The molecule has 0 aliphatic carbocycles. The van der Waals surface area contributed by atoms with Crippen LogP contribution >= 0.6 is 9.90 Å². The van der Waals surface area contributed by atoms with Crippen molar-refractivity contribution in [1.82, 2.24) is 0 Å². The van der Waals surface area contributed by atoms with E-state index < -0.39 is 0 Å². The van der Waals surface area contributed by atoms with Crippen molar-refractivity contribution < 1.29 is 16.4 Å². The third-order valence-electron chi connectivity index (χ3n) is 0. The normalized spacial score (nSPS) is 0. The summed E-state index contributed by atoms with van der Waals surface area (Å²) in [7, 11) is 0. The first-order valence-electron chi connectivity index (χ1n) is 0. The maximum Gasteiger partial charge on any atom is 0 e. The Hall–Kier alpha value is 0.842. The summed E-state index contributed by atoms with van der Waals surface area (Å²) in [5.41, 5.74) is 0. The van der Waals surface area contributed by atoms with E-state index >= 15 is 0 Å². The van der Waals surface area contributed by atoms with Gasteiger partial charge >= 0.3 is 0 Å². The summed E-state index contributed by atoms with van der Waals surface area (Å²) >= 11 is 0. The predicted molar refractivity (Wildman–Crippen MR) is 27.7 cm³/mol. The molecule has 0 heterocycles. The second kappa shape index (κ2) is 101. The van der Waals surface area contributed by atoms with E-state index in [-0.39, 0.29) is 43.7 Å². The lowest BCUT2D eigenvalue weighted by atomic mass is 16.0. The topological polar surface area (TPSA) is 94.5 Å². The van der Waals surface area contributed by atoms with Gasteiger partial charge in [0.05, 0.1) is 0 Å². The largest absolute Gasteiger partial charge is 0.412 e. The van der Waals surface area contributed by atoms with Crippen LogP contribution in [0.2, 0.25) is 0 Å². The highest BCUT2D eigenvalue weighted by Crippen LogP contribution is 0.861. The molecule has 35 valence electrons. The van der Waals surface area contributed by atoms with E-state index in [4.69, 9.17) is 0 Å². The average molecular weight is 115 g/mol. The molecule has 5 heavy (non-hydrogen) atoms.